The number of carbonyl (C=O) groups excluding carboxylic acids is 2. The Morgan fingerprint density at radius 1 is 1.29 bits per heavy atom. The third kappa shape index (κ3) is 3.95. The standard InChI is InChI=1S/C23H24O4S/c1-23(2)19(12-17-8-9-28-22(17)25)20(23)21(24)27-14-16-11-18(26-13-16)10-15-6-4-3-5-7-15/h3-7,11-13,19-20H,8-10,14H2,1-2H3/b17-12+/t19-,20-/m0/s1. The summed E-state index contributed by atoms with van der Waals surface area (Å²) in [6.45, 7) is 4.33. The largest absolute Gasteiger partial charge is 0.469 e. The van der Waals surface area contributed by atoms with Crippen molar-refractivity contribution >= 4 is 22.8 Å². The van der Waals surface area contributed by atoms with Crippen LogP contribution in [0.2, 0.25) is 0 Å². The van der Waals surface area contributed by atoms with E-state index in [9.17, 15) is 9.59 Å². The van der Waals surface area contributed by atoms with E-state index in [1.807, 2.05) is 30.3 Å². The lowest BCUT2D eigenvalue weighted by atomic mass is 10.1. The topological polar surface area (TPSA) is 56.5 Å². The van der Waals surface area contributed by atoms with Crippen LogP contribution in [-0.4, -0.2) is 16.8 Å². The molecule has 0 radical (unpaired) electrons. The lowest BCUT2D eigenvalue weighted by molar-refractivity contribution is -0.147. The second-order valence-electron chi connectivity index (χ2n) is 8.09. The first-order valence-electron chi connectivity index (χ1n) is 9.60. The van der Waals surface area contributed by atoms with Crippen LogP contribution >= 0.6 is 11.8 Å². The molecule has 0 spiro atoms. The van der Waals surface area contributed by atoms with Gasteiger partial charge >= 0.3 is 5.97 Å². The highest BCUT2D eigenvalue weighted by molar-refractivity contribution is 8.14. The smallest absolute Gasteiger partial charge is 0.310 e. The highest BCUT2D eigenvalue weighted by atomic mass is 32.2. The molecule has 2 atom stereocenters. The van der Waals surface area contributed by atoms with Gasteiger partial charge in [0.05, 0.1) is 12.2 Å². The van der Waals surface area contributed by atoms with E-state index in [0.29, 0.717) is 6.42 Å². The van der Waals surface area contributed by atoms with Crippen molar-refractivity contribution in [2.75, 3.05) is 5.75 Å². The normalized spacial score (nSPS) is 24.5. The van der Waals surface area contributed by atoms with Crippen LogP contribution in [0.5, 0.6) is 0 Å². The molecule has 2 aliphatic rings. The summed E-state index contributed by atoms with van der Waals surface area (Å²) >= 11 is 1.36. The van der Waals surface area contributed by atoms with E-state index in [1.165, 1.54) is 17.3 Å². The molecule has 2 fully saturated rings. The summed E-state index contributed by atoms with van der Waals surface area (Å²) in [5.74, 6) is 1.39. The van der Waals surface area contributed by atoms with Crippen molar-refractivity contribution in [2.45, 2.75) is 33.3 Å². The number of hydrogen-bond acceptors (Lipinski definition) is 5. The van der Waals surface area contributed by atoms with E-state index in [-0.39, 0.29) is 34.9 Å². The molecule has 2 aromatic rings. The van der Waals surface area contributed by atoms with Gasteiger partial charge in [-0.15, -0.1) is 0 Å². The van der Waals surface area contributed by atoms with Gasteiger partial charge in [0.15, 0.2) is 0 Å². The number of carbonyl (C=O) groups is 2. The lowest BCUT2D eigenvalue weighted by Crippen LogP contribution is -2.10. The van der Waals surface area contributed by atoms with Crippen molar-refractivity contribution in [1.29, 1.82) is 0 Å². The Balaban J connectivity index is 1.33. The molecule has 146 valence electrons. The summed E-state index contributed by atoms with van der Waals surface area (Å²) in [5.41, 5.74) is 2.73. The van der Waals surface area contributed by atoms with Gasteiger partial charge in [-0.25, -0.2) is 0 Å². The number of rotatable bonds is 6. The molecule has 4 nitrogen and oxygen atoms in total. The van der Waals surface area contributed by atoms with E-state index < -0.39 is 0 Å². The van der Waals surface area contributed by atoms with Crippen molar-refractivity contribution in [3.63, 3.8) is 0 Å². The van der Waals surface area contributed by atoms with Gasteiger partial charge in [0.2, 0.25) is 5.12 Å². The van der Waals surface area contributed by atoms with Crippen LogP contribution in [0.4, 0.5) is 0 Å². The zero-order valence-electron chi connectivity index (χ0n) is 16.1. The zero-order valence-corrected chi connectivity index (χ0v) is 17.0. The number of benzene rings is 1. The summed E-state index contributed by atoms with van der Waals surface area (Å²) in [6, 6.07) is 12.0. The number of thioether (sulfide) groups is 1. The summed E-state index contributed by atoms with van der Waals surface area (Å²) in [6.07, 6.45) is 5.17. The fourth-order valence-corrected chi connectivity index (χ4v) is 4.75. The van der Waals surface area contributed by atoms with Gasteiger partial charge in [-0.1, -0.05) is 62.0 Å². The quantitative estimate of drug-likeness (QED) is 0.520. The first-order valence-corrected chi connectivity index (χ1v) is 10.6. The van der Waals surface area contributed by atoms with Crippen LogP contribution in [0.25, 0.3) is 0 Å². The molecule has 1 saturated heterocycles. The minimum absolute atomic E-state index is 0.0793. The molecule has 1 aromatic carbocycles. The van der Waals surface area contributed by atoms with E-state index >= 15 is 0 Å². The predicted octanol–water partition coefficient (Wildman–Crippen LogP) is 4.78. The molecule has 0 N–H and O–H groups in total. The van der Waals surface area contributed by atoms with Crippen molar-refractivity contribution in [3.05, 3.63) is 71.2 Å². The summed E-state index contributed by atoms with van der Waals surface area (Å²) < 4.78 is 11.2. The Bertz CT molecular complexity index is 910. The van der Waals surface area contributed by atoms with Crippen LogP contribution in [0.3, 0.4) is 0 Å². The van der Waals surface area contributed by atoms with Crippen LogP contribution in [0.15, 0.2) is 58.7 Å². The molecule has 5 heteroatoms. The van der Waals surface area contributed by atoms with Gasteiger partial charge in [-0.05, 0) is 29.4 Å². The first kappa shape index (κ1) is 19.1. The molecule has 1 aromatic heterocycles. The number of ether oxygens (including phenoxy) is 1. The second-order valence-corrected chi connectivity index (χ2v) is 9.16. The van der Waals surface area contributed by atoms with Gasteiger partial charge in [0.25, 0.3) is 0 Å². The van der Waals surface area contributed by atoms with Crippen molar-refractivity contribution in [2.24, 2.45) is 17.3 Å². The number of allylic oxidation sites excluding steroid dienone is 1. The van der Waals surface area contributed by atoms with Crippen LogP contribution < -0.4 is 0 Å². The average molecular weight is 397 g/mol. The van der Waals surface area contributed by atoms with Gasteiger partial charge in [-0.3, -0.25) is 9.59 Å². The fourth-order valence-electron chi connectivity index (χ4n) is 3.89. The maximum absolute atomic E-state index is 12.6. The van der Waals surface area contributed by atoms with Crippen molar-refractivity contribution in [3.8, 4) is 0 Å². The molecule has 2 heterocycles. The van der Waals surface area contributed by atoms with Gasteiger partial charge in [-0.2, -0.15) is 0 Å². The Hall–Kier alpha value is -2.27. The molecule has 1 aliphatic carbocycles. The third-order valence-electron chi connectivity index (χ3n) is 5.72. The van der Waals surface area contributed by atoms with E-state index in [2.05, 4.69) is 26.0 Å². The van der Waals surface area contributed by atoms with E-state index in [1.54, 1.807) is 6.26 Å². The highest BCUT2D eigenvalue weighted by Gasteiger charge is 2.61. The lowest BCUT2D eigenvalue weighted by Gasteiger charge is -2.03. The molecule has 4 rings (SSSR count). The zero-order chi connectivity index (χ0) is 19.7. The molecular formula is C23H24O4S. The van der Waals surface area contributed by atoms with Gasteiger partial charge < -0.3 is 9.15 Å². The minimum atomic E-state index is -0.198. The maximum Gasteiger partial charge on any atom is 0.310 e. The Morgan fingerprint density at radius 2 is 2.07 bits per heavy atom. The molecule has 28 heavy (non-hydrogen) atoms. The Morgan fingerprint density at radius 3 is 2.79 bits per heavy atom. The Kier molecular flexibility index (Phi) is 5.19. The maximum atomic E-state index is 12.6. The molecule has 1 aliphatic heterocycles. The minimum Gasteiger partial charge on any atom is -0.469 e. The molecular weight excluding hydrogens is 372 g/mol. The monoisotopic (exact) mass is 396 g/mol. The highest BCUT2D eigenvalue weighted by Crippen LogP contribution is 2.60. The van der Waals surface area contributed by atoms with Crippen molar-refractivity contribution < 1.29 is 18.7 Å². The van der Waals surface area contributed by atoms with E-state index in [0.717, 1.165) is 29.1 Å². The fraction of sp³-hybridized carbons (Fsp3) is 0.391. The Labute approximate surface area is 169 Å². The average Bonchev–Trinajstić information content (AvgIpc) is 3.03. The van der Waals surface area contributed by atoms with Crippen LogP contribution in [0, 0.1) is 17.3 Å². The predicted molar refractivity (Wildman–Crippen MR) is 109 cm³/mol. The first-order chi connectivity index (χ1) is 13.4. The summed E-state index contributed by atoms with van der Waals surface area (Å²) in [5, 5.41) is 0.152. The number of furan rings is 1. The second kappa shape index (κ2) is 7.63. The SMILES string of the molecule is CC1(C)[C@H](C(=O)OCc2coc(Cc3ccccc3)c2)[C@@H]1/C=C1\CCSC1=O. The molecule has 0 amide bonds. The van der Waals surface area contributed by atoms with Gasteiger partial charge in [0, 0.05) is 23.3 Å². The molecule has 0 unspecified atom stereocenters. The molecule has 0 bridgehead atoms. The van der Waals surface area contributed by atoms with Crippen LogP contribution in [0.1, 0.15) is 37.2 Å². The van der Waals surface area contributed by atoms with Crippen molar-refractivity contribution in [1.82, 2.24) is 0 Å². The van der Waals surface area contributed by atoms with Crippen LogP contribution in [-0.2, 0) is 27.4 Å². The van der Waals surface area contributed by atoms with Gasteiger partial charge in [0.1, 0.15) is 12.4 Å². The summed E-state index contributed by atoms with van der Waals surface area (Å²) in [7, 11) is 0. The summed E-state index contributed by atoms with van der Waals surface area (Å²) in [4.78, 5) is 24.4. The molecule has 1 saturated carbocycles. The number of esters is 1. The number of hydrogen-bond donors (Lipinski definition) is 0. The third-order valence-corrected chi connectivity index (χ3v) is 6.66. The van der Waals surface area contributed by atoms with E-state index in [4.69, 9.17) is 9.15 Å².